The lowest BCUT2D eigenvalue weighted by Gasteiger charge is -2.30. The van der Waals surface area contributed by atoms with Crippen LogP contribution in [-0.2, 0) is 20.3 Å². The molecule has 4 aromatic carbocycles. The molecule has 0 amide bonds. The molecule has 0 atom stereocenters. The van der Waals surface area contributed by atoms with Crippen LogP contribution in [0.2, 0.25) is 5.02 Å². The van der Waals surface area contributed by atoms with E-state index < -0.39 is 0 Å². The topological polar surface area (TPSA) is 66.0 Å². The average molecular weight is 840 g/mol. The van der Waals surface area contributed by atoms with Crippen molar-refractivity contribution in [2.75, 3.05) is 85.7 Å². The SMILES string of the molecule is CC1(C)CNc2cc(N3CCOCC3)ccc21.Cc1nc2c(C)cccc2c(Cl)c1C.Cc1nc2c(C)cccc2c(N2CC(C)(C)c3ccc(N4CCOCC4)cc32)c1C. The molecule has 4 aliphatic heterocycles. The van der Waals surface area contributed by atoms with Gasteiger partial charge in [-0.15, -0.1) is 0 Å². The van der Waals surface area contributed by atoms with E-state index >= 15 is 0 Å². The van der Waals surface area contributed by atoms with E-state index in [0.29, 0.717) is 0 Å². The molecule has 2 aromatic heterocycles. The van der Waals surface area contributed by atoms with Gasteiger partial charge in [0.25, 0.3) is 0 Å². The van der Waals surface area contributed by atoms with Crippen molar-refractivity contribution in [2.45, 2.75) is 80.1 Å². The van der Waals surface area contributed by atoms with Gasteiger partial charge in [0.2, 0.25) is 0 Å². The Morgan fingerprint density at radius 2 is 1.13 bits per heavy atom. The minimum Gasteiger partial charge on any atom is -0.384 e. The Bertz CT molecular complexity index is 2590. The quantitative estimate of drug-likeness (QED) is 0.189. The Hall–Kier alpha value is -4.89. The van der Waals surface area contributed by atoms with Gasteiger partial charge in [-0.05, 0) is 99.2 Å². The number of aromatic nitrogens is 2. The average Bonchev–Trinajstić information content (AvgIpc) is 3.72. The summed E-state index contributed by atoms with van der Waals surface area (Å²) in [4.78, 5) is 16.9. The van der Waals surface area contributed by atoms with E-state index in [-0.39, 0.29) is 10.8 Å². The number of rotatable bonds is 3. The number of nitrogens with zero attached hydrogens (tertiary/aromatic N) is 5. The van der Waals surface area contributed by atoms with Gasteiger partial charge in [0.15, 0.2) is 0 Å². The fraction of sp³-hybridized carbons (Fsp3) is 0.423. The van der Waals surface area contributed by atoms with Gasteiger partial charge < -0.3 is 29.5 Å². The number of anilines is 5. The molecule has 0 aliphatic carbocycles. The molecule has 1 N–H and O–H groups in total. The first-order chi connectivity index (χ1) is 29.1. The second kappa shape index (κ2) is 17.1. The van der Waals surface area contributed by atoms with E-state index in [9.17, 15) is 0 Å². The molecule has 320 valence electrons. The summed E-state index contributed by atoms with van der Waals surface area (Å²) in [6.07, 6.45) is 0. The van der Waals surface area contributed by atoms with Gasteiger partial charge in [-0.25, -0.2) is 0 Å². The molecule has 2 fully saturated rings. The van der Waals surface area contributed by atoms with Crippen LogP contribution < -0.4 is 20.0 Å². The maximum atomic E-state index is 6.26. The van der Waals surface area contributed by atoms with Gasteiger partial charge in [-0.3, -0.25) is 9.97 Å². The Morgan fingerprint density at radius 1 is 0.607 bits per heavy atom. The van der Waals surface area contributed by atoms with Crippen molar-refractivity contribution < 1.29 is 9.47 Å². The number of para-hydroxylation sites is 2. The summed E-state index contributed by atoms with van der Waals surface area (Å²) in [5.41, 5.74) is 18.8. The van der Waals surface area contributed by atoms with E-state index in [4.69, 9.17) is 26.1 Å². The van der Waals surface area contributed by atoms with Crippen LogP contribution in [0.5, 0.6) is 0 Å². The Morgan fingerprint density at radius 3 is 1.74 bits per heavy atom. The molecular weight excluding hydrogens is 776 g/mol. The summed E-state index contributed by atoms with van der Waals surface area (Å²) in [5, 5.41) is 6.64. The molecule has 6 aromatic rings. The zero-order chi connectivity index (χ0) is 43.2. The van der Waals surface area contributed by atoms with E-state index in [0.717, 1.165) is 104 Å². The van der Waals surface area contributed by atoms with Gasteiger partial charge >= 0.3 is 0 Å². The highest BCUT2D eigenvalue weighted by molar-refractivity contribution is 6.36. The zero-order valence-corrected chi connectivity index (χ0v) is 38.7. The van der Waals surface area contributed by atoms with Gasteiger partial charge in [-0.2, -0.15) is 0 Å². The Balaban J connectivity index is 0.000000140. The first kappa shape index (κ1) is 42.8. The van der Waals surface area contributed by atoms with E-state index in [1.54, 1.807) is 0 Å². The van der Waals surface area contributed by atoms with E-state index in [1.807, 2.05) is 26.0 Å². The number of hydrogen-bond donors (Lipinski definition) is 1. The van der Waals surface area contributed by atoms with Crippen LogP contribution in [0.25, 0.3) is 21.8 Å². The second-order valence-corrected chi connectivity index (χ2v) is 19.0. The van der Waals surface area contributed by atoms with Crippen molar-refractivity contribution in [3.8, 4) is 0 Å². The number of ether oxygens (including phenoxy) is 2. The predicted molar refractivity (Wildman–Crippen MR) is 257 cm³/mol. The number of morpholine rings is 2. The molecule has 8 nitrogen and oxygen atoms in total. The molecule has 4 aliphatic rings. The summed E-state index contributed by atoms with van der Waals surface area (Å²) < 4.78 is 11.0. The number of hydrogen-bond acceptors (Lipinski definition) is 8. The van der Waals surface area contributed by atoms with Gasteiger partial charge in [-0.1, -0.05) is 87.8 Å². The fourth-order valence-electron chi connectivity index (χ4n) is 9.37. The molecule has 9 heteroatoms. The second-order valence-electron chi connectivity index (χ2n) is 18.6. The van der Waals surface area contributed by atoms with Crippen LogP contribution in [0.15, 0.2) is 72.8 Å². The highest BCUT2D eigenvalue weighted by Gasteiger charge is 2.38. The minimum absolute atomic E-state index is 0.0959. The van der Waals surface area contributed by atoms with Crippen LogP contribution in [-0.4, -0.2) is 75.7 Å². The normalized spacial score (nSPS) is 17.6. The third kappa shape index (κ3) is 8.39. The monoisotopic (exact) mass is 838 g/mol. The number of fused-ring (bicyclic) bond motifs is 4. The molecule has 2 saturated heterocycles. The Labute approximate surface area is 368 Å². The van der Waals surface area contributed by atoms with Crippen LogP contribution in [0.3, 0.4) is 0 Å². The standard InChI is InChI=1S/C26H31N3O.C14H20N2O.C12H12ClN/c1-17-7-6-8-21-24(17)27-19(3)18(2)25(21)29-16-26(4,5)22-10-9-20(15-23(22)29)28-11-13-30-14-12-28;1-14(2)10-15-13-9-11(3-4-12(13)14)16-5-7-17-8-6-16;1-7-5-4-6-10-11(13)8(2)9(3)14-12(7)10/h6-10,15H,11-14,16H2,1-5H3;3-4,9,15H,5-8,10H2,1-2H3;4-6H,1-3H3. The summed E-state index contributed by atoms with van der Waals surface area (Å²) in [5.74, 6) is 0. The summed E-state index contributed by atoms with van der Waals surface area (Å²) >= 11 is 6.26. The lowest BCUT2D eigenvalue weighted by Crippen LogP contribution is -2.36. The highest BCUT2D eigenvalue weighted by Crippen LogP contribution is 2.49. The minimum atomic E-state index is 0.0959. The van der Waals surface area contributed by atoms with Crippen molar-refractivity contribution in [1.82, 2.24) is 9.97 Å². The van der Waals surface area contributed by atoms with Crippen molar-refractivity contribution in [2.24, 2.45) is 0 Å². The van der Waals surface area contributed by atoms with Crippen LogP contribution in [0, 0.1) is 41.5 Å². The van der Waals surface area contributed by atoms with Crippen molar-refractivity contribution in [3.63, 3.8) is 0 Å². The van der Waals surface area contributed by atoms with Gasteiger partial charge in [0, 0.05) is 95.0 Å². The largest absolute Gasteiger partial charge is 0.384 e. The van der Waals surface area contributed by atoms with Crippen molar-refractivity contribution in [3.05, 3.63) is 123 Å². The predicted octanol–water partition coefficient (Wildman–Crippen LogP) is 11.5. The van der Waals surface area contributed by atoms with Crippen LogP contribution >= 0.6 is 11.6 Å². The fourth-order valence-corrected chi connectivity index (χ4v) is 9.65. The van der Waals surface area contributed by atoms with E-state index in [1.165, 1.54) is 61.6 Å². The molecule has 10 rings (SSSR count). The van der Waals surface area contributed by atoms with E-state index in [2.05, 4.69) is 141 Å². The number of aryl methyl sites for hydroxylation is 4. The lowest BCUT2D eigenvalue weighted by atomic mass is 9.87. The van der Waals surface area contributed by atoms with Crippen LogP contribution in [0.1, 0.15) is 72.5 Å². The highest BCUT2D eigenvalue weighted by atomic mass is 35.5. The molecule has 0 saturated carbocycles. The number of nitrogens with one attached hydrogen (secondary N) is 1. The summed E-state index contributed by atoms with van der Waals surface area (Å²) in [6, 6.07) is 26.5. The molecule has 61 heavy (non-hydrogen) atoms. The first-order valence-electron chi connectivity index (χ1n) is 22.0. The van der Waals surface area contributed by atoms with Gasteiger partial charge in [0.05, 0.1) is 48.2 Å². The molecule has 0 spiro atoms. The maximum Gasteiger partial charge on any atom is 0.0755 e. The molecule has 0 unspecified atom stereocenters. The van der Waals surface area contributed by atoms with Crippen LogP contribution in [0.4, 0.5) is 28.4 Å². The third-order valence-electron chi connectivity index (χ3n) is 13.3. The molecule has 0 radical (unpaired) electrons. The third-order valence-corrected chi connectivity index (χ3v) is 13.8. The van der Waals surface area contributed by atoms with Crippen molar-refractivity contribution in [1.29, 1.82) is 0 Å². The number of pyridine rings is 2. The zero-order valence-electron chi connectivity index (χ0n) is 37.9. The molecule has 0 bridgehead atoms. The number of halogens is 1. The summed E-state index contributed by atoms with van der Waals surface area (Å²) in [6.45, 7) is 31.1. The maximum absolute atomic E-state index is 6.26. The lowest BCUT2D eigenvalue weighted by molar-refractivity contribution is 0.122. The van der Waals surface area contributed by atoms with Crippen molar-refractivity contribution >= 4 is 61.8 Å². The number of benzene rings is 4. The molecule has 6 heterocycles. The smallest absolute Gasteiger partial charge is 0.0755 e. The first-order valence-corrected chi connectivity index (χ1v) is 22.4. The Kier molecular flexibility index (Phi) is 12.0. The summed E-state index contributed by atoms with van der Waals surface area (Å²) in [7, 11) is 0. The van der Waals surface area contributed by atoms with Gasteiger partial charge in [0.1, 0.15) is 0 Å². The molecular formula is C52H63ClN6O2.